The Hall–Kier alpha value is -1.59. The Balaban J connectivity index is 1.85. The molecule has 0 saturated carbocycles. The maximum Gasteiger partial charge on any atom is 0.191 e. The first-order valence-electron chi connectivity index (χ1n) is 9.68. The quantitative estimate of drug-likeness (QED) is 0.533. The minimum absolute atomic E-state index is 0.631. The van der Waals surface area contributed by atoms with Crippen LogP contribution < -0.4 is 10.6 Å². The molecule has 2 rings (SSSR count). The minimum atomic E-state index is 0.631. The molecule has 2 N–H and O–H groups in total. The lowest BCUT2D eigenvalue weighted by Crippen LogP contribution is -2.44. The van der Waals surface area contributed by atoms with E-state index in [1.807, 2.05) is 6.92 Å². The number of rotatable bonds is 9. The standard InChI is InChI=1S/C20H34N4O/c1-4-21-20(23-15-19-8-7-13-24(19)5-2)22-14-17-9-11-18(12-10-17)16-25-6-3/h9-12,19H,4-8,13-16H2,1-3H3,(H2,21,22,23). The lowest BCUT2D eigenvalue weighted by Gasteiger charge is -2.24. The molecule has 0 aromatic heterocycles. The van der Waals surface area contributed by atoms with Crippen molar-refractivity contribution in [1.82, 2.24) is 15.5 Å². The van der Waals surface area contributed by atoms with Gasteiger partial charge in [0.15, 0.2) is 5.96 Å². The number of likely N-dealkylation sites (N-methyl/N-ethyl adjacent to an activating group) is 1. The molecule has 140 valence electrons. The van der Waals surface area contributed by atoms with Crippen LogP contribution in [0.4, 0.5) is 0 Å². The highest BCUT2D eigenvalue weighted by atomic mass is 16.5. The second-order valence-electron chi connectivity index (χ2n) is 6.45. The number of guanidine groups is 1. The van der Waals surface area contributed by atoms with Gasteiger partial charge in [-0.25, -0.2) is 4.99 Å². The van der Waals surface area contributed by atoms with Gasteiger partial charge in [-0.05, 0) is 50.9 Å². The van der Waals surface area contributed by atoms with Gasteiger partial charge in [0.25, 0.3) is 0 Å². The predicted octanol–water partition coefficient (Wildman–Crippen LogP) is 2.76. The van der Waals surface area contributed by atoms with Gasteiger partial charge in [-0.2, -0.15) is 0 Å². The van der Waals surface area contributed by atoms with Crippen LogP contribution in [0.5, 0.6) is 0 Å². The zero-order chi connectivity index (χ0) is 17.9. The maximum atomic E-state index is 5.44. The van der Waals surface area contributed by atoms with Crippen molar-refractivity contribution in [3.8, 4) is 0 Å². The van der Waals surface area contributed by atoms with E-state index in [-0.39, 0.29) is 0 Å². The van der Waals surface area contributed by atoms with E-state index in [1.54, 1.807) is 0 Å². The molecule has 25 heavy (non-hydrogen) atoms. The fraction of sp³-hybridized carbons (Fsp3) is 0.650. The molecule has 1 aliphatic rings. The monoisotopic (exact) mass is 346 g/mol. The molecular formula is C20H34N4O. The number of likely N-dealkylation sites (tertiary alicyclic amines) is 1. The van der Waals surface area contributed by atoms with Gasteiger partial charge in [0, 0.05) is 25.7 Å². The smallest absolute Gasteiger partial charge is 0.191 e. The summed E-state index contributed by atoms with van der Waals surface area (Å²) in [7, 11) is 0. The summed E-state index contributed by atoms with van der Waals surface area (Å²) in [6.07, 6.45) is 2.59. The summed E-state index contributed by atoms with van der Waals surface area (Å²) < 4.78 is 5.44. The van der Waals surface area contributed by atoms with Crippen LogP contribution in [-0.2, 0) is 17.9 Å². The second-order valence-corrected chi connectivity index (χ2v) is 6.45. The zero-order valence-electron chi connectivity index (χ0n) is 16.1. The lowest BCUT2D eigenvalue weighted by atomic mass is 10.1. The highest BCUT2D eigenvalue weighted by Crippen LogP contribution is 2.15. The van der Waals surface area contributed by atoms with Crippen molar-refractivity contribution in [1.29, 1.82) is 0 Å². The molecule has 1 aromatic rings. The van der Waals surface area contributed by atoms with E-state index < -0.39 is 0 Å². The van der Waals surface area contributed by atoms with Gasteiger partial charge in [-0.3, -0.25) is 4.90 Å². The third-order valence-corrected chi connectivity index (χ3v) is 4.67. The van der Waals surface area contributed by atoms with Crippen LogP contribution >= 0.6 is 0 Å². The van der Waals surface area contributed by atoms with Crippen LogP contribution in [0, 0.1) is 0 Å². The molecule has 1 atom stereocenters. The van der Waals surface area contributed by atoms with E-state index in [0.717, 1.165) is 32.2 Å². The molecule has 0 amide bonds. The van der Waals surface area contributed by atoms with E-state index in [4.69, 9.17) is 9.73 Å². The Kier molecular flexibility index (Phi) is 8.77. The van der Waals surface area contributed by atoms with E-state index in [2.05, 4.69) is 53.6 Å². The summed E-state index contributed by atoms with van der Waals surface area (Å²) in [6, 6.07) is 9.15. The van der Waals surface area contributed by atoms with Gasteiger partial charge in [-0.1, -0.05) is 31.2 Å². The van der Waals surface area contributed by atoms with E-state index in [1.165, 1.54) is 30.5 Å². The van der Waals surface area contributed by atoms with Crippen molar-refractivity contribution in [2.45, 2.75) is 52.8 Å². The zero-order valence-corrected chi connectivity index (χ0v) is 16.1. The summed E-state index contributed by atoms with van der Waals surface area (Å²) in [4.78, 5) is 7.28. The van der Waals surface area contributed by atoms with Crippen LogP contribution in [0.15, 0.2) is 29.3 Å². The Morgan fingerprint density at radius 2 is 1.92 bits per heavy atom. The van der Waals surface area contributed by atoms with Crippen molar-refractivity contribution in [3.05, 3.63) is 35.4 Å². The van der Waals surface area contributed by atoms with Gasteiger partial charge in [0.05, 0.1) is 13.2 Å². The number of nitrogens with one attached hydrogen (secondary N) is 2. The molecule has 0 aliphatic carbocycles. The highest BCUT2D eigenvalue weighted by molar-refractivity contribution is 5.79. The minimum Gasteiger partial charge on any atom is -0.377 e. The number of benzene rings is 1. The molecule has 5 heteroatoms. The van der Waals surface area contributed by atoms with E-state index in [9.17, 15) is 0 Å². The van der Waals surface area contributed by atoms with Gasteiger partial charge < -0.3 is 15.4 Å². The third kappa shape index (κ3) is 6.67. The summed E-state index contributed by atoms with van der Waals surface area (Å²) in [5, 5.41) is 6.86. The number of ether oxygens (including phenoxy) is 1. The van der Waals surface area contributed by atoms with Crippen LogP contribution in [0.3, 0.4) is 0 Å². The Morgan fingerprint density at radius 3 is 2.60 bits per heavy atom. The van der Waals surface area contributed by atoms with Gasteiger partial charge >= 0.3 is 0 Å². The Morgan fingerprint density at radius 1 is 1.16 bits per heavy atom. The largest absolute Gasteiger partial charge is 0.377 e. The molecule has 0 spiro atoms. The van der Waals surface area contributed by atoms with Crippen LogP contribution in [0.1, 0.15) is 44.7 Å². The molecule has 1 aromatic carbocycles. The van der Waals surface area contributed by atoms with Crippen LogP contribution in [-0.4, -0.2) is 49.7 Å². The Bertz CT molecular complexity index is 515. The average molecular weight is 347 g/mol. The molecule has 0 radical (unpaired) electrons. The fourth-order valence-corrected chi connectivity index (χ4v) is 3.23. The van der Waals surface area contributed by atoms with E-state index >= 15 is 0 Å². The fourth-order valence-electron chi connectivity index (χ4n) is 3.23. The van der Waals surface area contributed by atoms with Crippen LogP contribution in [0.25, 0.3) is 0 Å². The predicted molar refractivity (Wildman–Crippen MR) is 105 cm³/mol. The van der Waals surface area contributed by atoms with Gasteiger partial charge in [0.1, 0.15) is 0 Å². The average Bonchev–Trinajstić information content (AvgIpc) is 3.10. The first-order valence-corrected chi connectivity index (χ1v) is 9.68. The third-order valence-electron chi connectivity index (χ3n) is 4.67. The normalized spacial score (nSPS) is 18.5. The first kappa shape index (κ1) is 19.7. The summed E-state index contributed by atoms with van der Waals surface area (Å²) >= 11 is 0. The summed E-state index contributed by atoms with van der Waals surface area (Å²) in [5.41, 5.74) is 2.43. The molecule has 1 aliphatic heterocycles. The topological polar surface area (TPSA) is 48.9 Å². The van der Waals surface area contributed by atoms with E-state index in [0.29, 0.717) is 19.2 Å². The van der Waals surface area contributed by atoms with Crippen molar-refractivity contribution < 1.29 is 4.74 Å². The molecule has 1 unspecified atom stereocenters. The van der Waals surface area contributed by atoms with Gasteiger partial charge in [0.2, 0.25) is 0 Å². The second kappa shape index (κ2) is 11.1. The van der Waals surface area contributed by atoms with Crippen molar-refractivity contribution >= 4 is 5.96 Å². The lowest BCUT2D eigenvalue weighted by molar-refractivity contribution is 0.134. The highest BCUT2D eigenvalue weighted by Gasteiger charge is 2.22. The van der Waals surface area contributed by atoms with Crippen LogP contribution in [0.2, 0.25) is 0 Å². The molecule has 1 saturated heterocycles. The number of hydrogen-bond donors (Lipinski definition) is 2. The van der Waals surface area contributed by atoms with Gasteiger partial charge in [-0.15, -0.1) is 0 Å². The molecule has 0 bridgehead atoms. The van der Waals surface area contributed by atoms with Crippen molar-refractivity contribution in [2.24, 2.45) is 4.99 Å². The Labute approximate surface area is 152 Å². The number of aliphatic imine (C=N–C) groups is 1. The maximum absolute atomic E-state index is 5.44. The molecular weight excluding hydrogens is 312 g/mol. The molecule has 5 nitrogen and oxygen atoms in total. The van der Waals surface area contributed by atoms with Crippen molar-refractivity contribution in [3.63, 3.8) is 0 Å². The molecule has 1 fully saturated rings. The number of hydrogen-bond acceptors (Lipinski definition) is 3. The SMILES string of the molecule is CCNC(=NCc1ccc(COCC)cc1)NCC1CCCN1CC. The van der Waals surface area contributed by atoms with Crippen molar-refractivity contribution in [2.75, 3.05) is 32.8 Å². The summed E-state index contributed by atoms with van der Waals surface area (Å²) in [5.74, 6) is 0.906. The summed E-state index contributed by atoms with van der Waals surface area (Å²) in [6.45, 7) is 12.7. The molecule has 1 heterocycles. The first-order chi connectivity index (χ1) is 12.3. The number of nitrogens with zero attached hydrogens (tertiary/aromatic N) is 2.